The Morgan fingerprint density at radius 3 is 2.38 bits per heavy atom. The number of carbonyl (C=O) groups excluding carboxylic acids is 1. The van der Waals surface area contributed by atoms with E-state index in [1.807, 2.05) is 39.8 Å². The summed E-state index contributed by atoms with van der Waals surface area (Å²) >= 11 is 0. The first-order valence-corrected chi connectivity index (χ1v) is 4.68. The van der Waals surface area contributed by atoms with Gasteiger partial charge in [0.1, 0.15) is 5.78 Å². The molecule has 3 heteroatoms. The van der Waals surface area contributed by atoms with E-state index in [1.165, 1.54) is 0 Å². The summed E-state index contributed by atoms with van der Waals surface area (Å²) in [5.74, 6) is 0.257. The van der Waals surface area contributed by atoms with Gasteiger partial charge in [-0.05, 0) is 27.9 Å². The van der Waals surface area contributed by atoms with Crippen LogP contribution in [0.2, 0.25) is 0 Å². The Labute approximate surface area is 80.8 Å². The van der Waals surface area contributed by atoms with Gasteiger partial charge in [0.05, 0.1) is 6.17 Å². The first-order valence-electron chi connectivity index (χ1n) is 4.68. The van der Waals surface area contributed by atoms with Crippen molar-refractivity contribution in [1.29, 1.82) is 0 Å². The van der Waals surface area contributed by atoms with E-state index < -0.39 is 0 Å². The van der Waals surface area contributed by atoms with Crippen LogP contribution >= 0.6 is 0 Å². The maximum absolute atomic E-state index is 11.1. The highest BCUT2D eigenvalue weighted by Crippen LogP contribution is 1.98. The van der Waals surface area contributed by atoms with Gasteiger partial charge >= 0.3 is 0 Å². The number of hydrogen-bond donors (Lipinski definition) is 0. The molecule has 0 rings (SSSR count). The molecular weight excluding hydrogens is 164 g/mol. The van der Waals surface area contributed by atoms with Crippen LogP contribution in [0.1, 0.15) is 33.6 Å². The number of aliphatic imine (C=N–C) groups is 1. The molecule has 76 valence electrons. The fourth-order valence-corrected chi connectivity index (χ4v) is 0.890. The fraction of sp³-hybridized carbons (Fsp3) is 0.800. The van der Waals surface area contributed by atoms with Gasteiger partial charge in [-0.2, -0.15) is 0 Å². The Hall–Kier alpha value is -0.700. The summed E-state index contributed by atoms with van der Waals surface area (Å²) in [4.78, 5) is 17.5. The molecule has 0 aromatic rings. The van der Waals surface area contributed by atoms with Gasteiger partial charge in [-0.25, -0.2) is 0 Å². The molecule has 0 aromatic heterocycles. The lowest BCUT2D eigenvalue weighted by molar-refractivity contribution is -0.117. The molecule has 0 heterocycles. The number of hydrogen-bond acceptors (Lipinski definition) is 3. The van der Waals surface area contributed by atoms with E-state index in [-0.39, 0.29) is 11.9 Å². The van der Waals surface area contributed by atoms with Crippen molar-refractivity contribution in [2.75, 3.05) is 14.1 Å². The van der Waals surface area contributed by atoms with Gasteiger partial charge in [0.15, 0.2) is 0 Å². The van der Waals surface area contributed by atoms with Crippen molar-refractivity contribution in [3.63, 3.8) is 0 Å². The van der Waals surface area contributed by atoms with Crippen molar-refractivity contribution >= 4 is 11.5 Å². The maximum atomic E-state index is 11.1. The van der Waals surface area contributed by atoms with E-state index in [2.05, 4.69) is 4.99 Å². The second-order valence-electron chi connectivity index (χ2n) is 3.53. The summed E-state index contributed by atoms with van der Waals surface area (Å²) in [6.07, 6.45) is 1.25. The molecule has 0 amide bonds. The van der Waals surface area contributed by atoms with Crippen LogP contribution in [0.4, 0.5) is 0 Å². The second kappa shape index (κ2) is 5.86. The number of nitrogens with zero attached hydrogens (tertiary/aromatic N) is 2. The summed E-state index contributed by atoms with van der Waals surface area (Å²) in [5, 5.41) is 0. The monoisotopic (exact) mass is 184 g/mol. The molecule has 1 unspecified atom stereocenters. The van der Waals surface area contributed by atoms with Crippen molar-refractivity contribution in [1.82, 2.24) is 4.90 Å². The summed E-state index contributed by atoms with van der Waals surface area (Å²) in [6, 6.07) is 0. The van der Waals surface area contributed by atoms with Crippen molar-refractivity contribution in [3.05, 3.63) is 0 Å². The highest BCUT2D eigenvalue weighted by molar-refractivity contribution is 6.00. The molecule has 13 heavy (non-hydrogen) atoms. The van der Waals surface area contributed by atoms with Crippen molar-refractivity contribution in [2.45, 2.75) is 39.8 Å². The highest BCUT2D eigenvalue weighted by atomic mass is 16.1. The van der Waals surface area contributed by atoms with Gasteiger partial charge in [0.2, 0.25) is 0 Å². The molecule has 1 atom stereocenters. The van der Waals surface area contributed by atoms with Gasteiger partial charge in [-0.1, -0.05) is 6.92 Å². The Kier molecular flexibility index (Phi) is 5.55. The van der Waals surface area contributed by atoms with Gasteiger partial charge in [0, 0.05) is 18.6 Å². The third-order valence-electron chi connectivity index (χ3n) is 2.00. The molecule has 0 fully saturated rings. The molecule has 0 radical (unpaired) electrons. The predicted molar refractivity (Wildman–Crippen MR) is 56.2 cm³/mol. The summed E-state index contributed by atoms with van der Waals surface area (Å²) in [7, 11) is 3.95. The van der Waals surface area contributed by atoms with E-state index in [1.54, 1.807) is 0 Å². The Morgan fingerprint density at radius 1 is 1.46 bits per heavy atom. The van der Waals surface area contributed by atoms with E-state index >= 15 is 0 Å². The lowest BCUT2D eigenvalue weighted by Crippen LogP contribution is -2.23. The van der Waals surface area contributed by atoms with Crippen molar-refractivity contribution in [2.24, 2.45) is 4.99 Å². The van der Waals surface area contributed by atoms with Crippen LogP contribution in [0.15, 0.2) is 4.99 Å². The molecule has 0 aliphatic carbocycles. The van der Waals surface area contributed by atoms with E-state index in [9.17, 15) is 4.79 Å². The lowest BCUT2D eigenvalue weighted by Gasteiger charge is -2.15. The van der Waals surface area contributed by atoms with E-state index in [0.717, 1.165) is 5.71 Å². The Bertz CT molecular complexity index is 197. The third-order valence-corrected chi connectivity index (χ3v) is 2.00. The first kappa shape index (κ1) is 12.3. The predicted octanol–water partition coefficient (Wildman–Crippen LogP) is 1.72. The molecule has 0 saturated heterocycles. The molecule has 0 spiro atoms. The van der Waals surface area contributed by atoms with Crippen LogP contribution in [0.3, 0.4) is 0 Å². The van der Waals surface area contributed by atoms with Gasteiger partial charge in [-0.15, -0.1) is 0 Å². The van der Waals surface area contributed by atoms with Crippen molar-refractivity contribution < 1.29 is 4.79 Å². The van der Waals surface area contributed by atoms with E-state index in [0.29, 0.717) is 12.8 Å². The zero-order valence-electron chi connectivity index (χ0n) is 9.29. The smallest absolute Gasteiger partial charge is 0.138 e. The molecule has 0 aliphatic rings. The minimum Gasteiger partial charge on any atom is -0.299 e. The molecule has 0 saturated carbocycles. The van der Waals surface area contributed by atoms with E-state index in [4.69, 9.17) is 0 Å². The van der Waals surface area contributed by atoms with Crippen molar-refractivity contribution in [3.8, 4) is 0 Å². The lowest BCUT2D eigenvalue weighted by atomic mass is 10.2. The zero-order valence-corrected chi connectivity index (χ0v) is 9.29. The molecule has 0 N–H and O–H groups in total. The topological polar surface area (TPSA) is 32.7 Å². The third kappa shape index (κ3) is 5.53. The largest absolute Gasteiger partial charge is 0.299 e. The highest BCUT2D eigenvalue weighted by Gasteiger charge is 2.04. The van der Waals surface area contributed by atoms with Crippen LogP contribution in [0.25, 0.3) is 0 Å². The quantitative estimate of drug-likeness (QED) is 0.609. The van der Waals surface area contributed by atoms with Crippen LogP contribution in [0, 0.1) is 0 Å². The van der Waals surface area contributed by atoms with Gasteiger partial charge in [0.25, 0.3) is 0 Å². The zero-order chi connectivity index (χ0) is 10.4. The molecular formula is C10H20N2O. The van der Waals surface area contributed by atoms with Gasteiger partial charge in [-0.3, -0.25) is 14.7 Å². The van der Waals surface area contributed by atoms with Crippen LogP contribution in [-0.4, -0.2) is 36.7 Å². The molecule has 0 aromatic carbocycles. The maximum Gasteiger partial charge on any atom is 0.138 e. The summed E-state index contributed by atoms with van der Waals surface area (Å²) < 4.78 is 0. The fourth-order valence-electron chi connectivity index (χ4n) is 0.890. The number of carbonyl (C=O) groups is 1. The van der Waals surface area contributed by atoms with Crippen LogP contribution in [0.5, 0.6) is 0 Å². The van der Waals surface area contributed by atoms with Crippen LogP contribution < -0.4 is 0 Å². The molecule has 3 nitrogen and oxygen atoms in total. The second-order valence-corrected chi connectivity index (χ2v) is 3.53. The SMILES string of the molecule is CCC(=O)C/C(C)=N\C(C)N(C)C. The average molecular weight is 184 g/mol. The number of rotatable bonds is 5. The van der Waals surface area contributed by atoms with Gasteiger partial charge < -0.3 is 0 Å². The Balaban J connectivity index is 4.08. The normalized spacial score (nSPS) is 14.8. The average Bonchev–Trinajstić information content (AvgIpc) is 2.03. The minimum atomic E-state index is 0.157. The minimum absolute atomic E-state index is 0.157. The first-order chi connectivity index (χ1) is 5.97. The number of Topliss-reactive ketones (excluding diaryl/α,β-unsaturated/α-hetero) is 1. The number of ketones is 1. The summed E-state index contributed by atoms with van der Waals surface area (Å²) in [6.45, 7) is 5.80. The standard InChI is InChI=1S/C10H20N2O/c1-6-10(13)7-8(2)11-9(3)12(4)5/h9H,6-7H2,1-5H3/b11-8-. The summed E-state index contributed by atoms with van der Waals surface area (Å²) in [5.41, 5.74) is 0.924. The molecule has 0 aliphatic heterocycles. The van der Waals surface area contributed by atoms with Crippen LogP contribution in [-0.2, 0) is 4.79 Å². The Morgan fingerprint density at radius 2 is 2.00 bits per heavy atom. The molecule has 0 bridgehead atoms.